The van der Waals surface area contributed by atoms with Crippen molar-refractivity contribution in [1.29, 1.82) is 0 Å². The summed E-state index contributed by atoms with van der Waals surface area (Å²) in [5.41, 5.74) is 2.01. The summed E-state index contributed by atoms with van der Waals surface area (Å²) >= 11 is 1.55. The summed E-state index contributed by atoms with van der Waals surface area (Å²) in [5, 5.41) is 14.4. The third-order valence-corrected chi connectivity index (χ3v) is 3.53. The van der Waals surface area contributed by atoms with Gasteiger partial charge in [0.15, 0.2) is 5.01 Å². The summed E-state index contributed by atoms with van der Waals surface area (Å²) < 4.78 is 0. The molecule has 2 aromatic heterocycles. The van der Waals surface area contributed by atoms with Gasteiger partial charge < -0.3 is 5.32 Å². The molecule has 0 spiro atoms. The lowest BCUT2D eigenvalue weighted by molar-refractivity contribution is 1.07. The number of benzene rings is 1. The molecule has 1 N–H and O–H groups in total. The van der Waals surface area contributed by atoms with Crippen LogP contribution in [0.5, 0.6) is 0 Å². The van der Waals surface area contributed by atoms with Crippen molar-refractivity contribution in [2.75, 3.05) is 11.9 Å². The van der Waals surface area contributed by atoms with Crippen molar-refractivity contribution in [3.63, 3.8) is 0 Å². The molecule has 5 heteroatoms. The summed E-state index contributed by atoms with van der Waals surface area (Å²) in [6.07, 6.45) is 1.80. The largest absolute Gasteiger partial charge is 0.360 e. The van der Waals surface area contributed by atoms with Gasteiger partial charge in [0.1, 0.15) is 0 Å². The molecule has 0 amide bonds. The Bertz CT molecular complexity index is 672. The normalized spacial score (nSPS) is 10.7. The fraction of sp³-hybridized carbons (Fsp3) is 0.154. The maximum atomic E-state index is 4.43. The van der Waals surface area contributed by atoms with E-state index in [1.54, 1.807) is 17.5 Å². The molecular formula is C13H12N4S. The lowest BCUT2D eigenvalue weighted by Gasteiger charge is -2.01. The number of anilines is 1. The first-order chi connectivity index (χ1) is 8.88. The number of hydrogen-bond donors (Lipinski definition) is 1. The summed E-state index contributed by atoms with van der Waals surface area (Å²) in [5.74, 6) is 0. The number of nitrogens with one attached hydrogen (secondary N) is 1. The molecule has 0 bridgehead atoms. The van der Waals surface area contributed by atoms with E-state index in [0.717, 1.165) is 33.2 Å². The molecule has 0 aliphatic carbocycles. The Hall–Kier alpha value is -2.01. The molecule has 0 radical (unpaired) electrons. The van der Waals surface area contributed by atoms with Gasteiger partial charge in [-0.05, 0) is 19.1 Å². The molecule has 0 fully saturated rings. The standard InChI is InChI=1S/C13H12N4S/c1-2-14-13-17-16-12(18-13)10-7-3-5-9-6-4-8-15-11(9)10/h3-8H,2H2,1H3,(H,14,17). The predicted molar refractivity (Wildman–Crippen MR) is 74.8 cm³/mol. The van der Waals surface area contributed by atoms with Crippen LogP contribution in [0.15, 0.2) is 36.5 Å². The average Bonchev–Trinajstić information content (AvgIpc) is 2.87. The van der Waals surface area contributed by atoms with Gasteiger partial charge in [0, 0.05) is 23.7 Å². The van der Waals surface area contributed by atoms with Crippen LogP contribution in [-0.2, 0) is 0 Å². The monoisotopic (exact) mass is 256 g/mol. The van der Waals surface area contributed by atoms with Crippen molar-refractivity contribution in [3.05, 3.63) is 36.5 Å². The van der Waals surface area contributed by atoms with E-state index in [1.165, 1.54) is 0 Å². The minimum absolute atomic E-state index is 0.848. The molecule has 0 unspecified atom stereocenters. The topological polar surface area (TPSA) is 50.7 Å². The van der Waals surface area contributed by atoms with Crippen LogP contribution in [0.4, 0.5) is 5.13 Å². The first kappa shape index (κ1) is 11.1. The van der Waals surface area contributed by atoms with Gasteiger partial charge in [-0.2, -0.15) is 0 Å². The minimum atomic E-state index is 0.848. The second-order valence-electron chi connectivity index (χ2n) is 3.82. The highest BCUT2D eigenvalue weighted by Gasteiger charge is 2.09. The van der Waals surface area contributed by atoms with Crippen molar-refractivity contribution >= 4 is 27.4 Å². The Morgan fingerprint density at radius 1 is 1.17 bits per heavy atom. The second kappa shape index (κ2) is 4.70. The number of fused-ring (bicyclic) bond motifs is 1. The van der Waals surface area contributed by atoms with Crippen LogP contribution in [-0.4, -0.2) is 21.7 Å². The Kier molecular flexibility index (Phi) is 2.90. The number of pyridine rings is 1. The van der Waals surface area contributed by atoms with Crippen LogP contribution in [0.2, 0.25) is 0 Å². The van der Waals surface area contributed by atoms with Gasteiger partial charge in [-0.1, -0.05) is 29.5 Å². The predicted octanol–water partition coefficient (Wildman–Crippen LogP) is 3.19. The van der Waals surface area contributed by atoms with Crippen LogP contribution < -0.4 is 5.32 Å². The fourth-order valence-electron chi connectivity index (χ4n) is 1.83. The first-order valence-corrected chi connectivity index (χ1v) is 6.61. The van der Waals surface area contributed by atoms with Crippen molar-refractivity contribution in [2.24, 2.45) is 0 Å². The van der Waals surface area contributed by atoms with E-state index in [1.807, 2.05) is 25.1 Å². The van der Waals surface area contributed by atoms with Crippen LogP contribution in [0.25, 0.3) is 21.5 Å². The quantitative estimate of drug-likeness (QED) is 0.782. The number of para-hydroxylation sites is 1. The fourth-order valence-corrected chi connectivity index (χ4v) is 2.67. The lowest BCUT2D eigenvalue weighted by atomic mass is 10.1. The zero-order valence-electron chi connectivity index (χ0n) is 9.92. The summed E-state index contributed by atoms with van der Waals surface area (Å²) in [6.45, 7) is 2.89. The molecule has 3 aromatic rings. The van der Waals surface area contributed by atoms with Crippen molar-refractivity contribution in [3.8, 4) is 10.6 Å². The minimum Gasteiger partial charge on any atom is -0.360 e. The zero-order chi connectivity index (χ0) is 12.4. The Morgan fingerprint density at radius 2 is 2.06 bits per heavy atom. The Labute approximate surface area is 109 Å². The van der Waals surface area contributed by atoms with Gasteiger partial charge in [0.25, 0.3) is 0 Å². The highest BCUT2D eigenvalue weighted by atomic mass is 32.1. The first-order valence-electron chi connectivity index (χ1n) is 5.80. The molecule has 0 saturated carbocycles. The molecule has 0 atom stereocenters. The van der Waals surface area contributed by atoms with Crippen molar-refractivity contribution < 1.29 is 0 Å². The summed E-state index contributed by atoms with van der Waals surface area (Å²) in [7, 11) is 0. The molecule has 0 aliphatic rings. The van der Waals surface area contributed by atoms with Gasteiger partial charge in [0.05, 0.1) is 5.52 Å². The van der Waals surface area contributed by atoms with E-state index in [9.17, 15) is 0 Å². The third-order valence-electron chi connectivity index (χ3n) is 2.62. The maximum Gasteiger partial charge on any atom is 0.205 e. The Morgan fingerprint density at radius 3 is 2.94 bits per heavy atom. The number of aromatic nitrogens is 3. The summed E-state index contributed by atoms with van der Waals surface area (Å²) in [4.78, 5) is 4.43. The van der Waals surface area contributed by atoms with Crippen molar-refractivity contribution in [1.82, 2.24) is 15.2 Å². The van der Waals surface area contributed by atoms with Crippen LogP contribution in [0.1, 0.15) is 6.92 Å². The average molecular weight is 256 g/mol. The smallest absolute Gasteiger partial charge is 0.205 e. The van der Waals surface area contributed by atoms with Crippen molar-refractivity contribution in [2.45, 2.75) is 6.92 Å². The number of hydrogen-bond acceptors (Lipinski definition) is 5. The van der Waals surface area contributed by atoms with Gasteiger partial charge in [-0.25, -0.2) is 0 Å². The SMILES string of the molecule is CCNc1nnc(-c2cccc3cccnc23)s1. The molecular weight excluding hydrogens is 244 g/mol. The highest BCUT2D eigenvalue weighted by molar-refractivity contribution is 7.18. The van der Waals surface area contributed by atoms with E-state index in [-0.39, 0.29) is 0 Å². The lowest BCUT2D eigenvalue weighted by Crippen LogP contribution is -1.94. The van der Waals surface area contributed by atoms with E-state index in [0.29, 0.717) is 0 Å². The Balaban J connectivity index is 2.12. The van der Waals surface area contributed by atoms with Crippen LogP contribution in [0.3, 0.4) is 0 Å². The van der Waals surface area contributed by atoms with Crippen LogP contribution >= 0.6 is 11.3 Å². The zero-order valence-corrected chi connectivity index (χ0v) is 10.7. The number of nitrogens with zero attached hydrogens (tertiary/aromatic N) is 3. The van der Waals surface area contributed by atoms with Crippen LogP contribution in [0, 0.1) is 0 Å². The second-order valence-corrected chi connectivity index (χ2v) is 4.80. The molecule has 1 aromatic carbocycles. The molecule has 3 rings (SSSR count). The van der Waals surface area contributed by atoms with E-state index in [2.05, 4.69) is 32.6 Å². The third kappa shape index (κ3) is 1.93. The molecule has 0 aliphatic heterocycles. The molecule has 90 valence electrons. The highest BCUT2D eigenvalue weighted by Crippen LogP contribution is 2.30. The van der Waals surface area contributed by atoms with Gasteiger partial charge >= 0.3 is 0 Å². The van der Waals surface area contributed by atoms with Gasteiger partial charge in [-0.3, -0.25) is 4.98 Å². The molecule has 4 nitrogen and oxygen atoms in total. The molecule has 2 heterocycles. The maximum absolute atomic E-state index is 4.43. The number of rotatable bonds is 3. The molecule has 0 saturated heterocycles. The van der Waals surface area contributed by atoms with Gasteiger partial charge in [-0.15, -0.1) is 10.2 Å². The van der Waals surface area contributed by atoms with Gasteiger partial charge in [0.2, 0.25) is 5.13 Å². The molecule has 18 heavy (non-hydrogen) atoms. The van der Waals surface area contributed by atoms with E-state index < -0.39 is 0 Å². The van der Waals surface area contributed by atoms with E-state index in [4.69, 9.17) is 0 Å². The van der Waals surface area contributed by atoms with E-state index >= 15 is 0 Å². The summed E-state index contributed by atoms with van der Waals surface area (Å²) in [6, 6.07) is 10.1.